The molecule has 0 bridgehead atoms. The molecular weight excluding hydrogens is 278 g/mol. The number of benzene rings is 1. The van der Waals surface area contributed by atoms with Crippen molar-refractivity contribution in [2.24, 2.45) is 0 Å². The maximum absolute atomic E-state index is 11.8. The zero-order valence-electron chi connectivity index (χ0n) is 9.92. The number of terminal acetylenes is 1. The van der Waals surface area contributed by atoms with Gasteiger partial charge in [-0.05, 0) is 53.4 Å². The summed E-state index contributed by atoms with van der Waals surface area (Å²) in [6, 6.07) is 5.70. The number of unbranched alkanes of at least 4 members (excludes halogenated alkanes) is 2. The molecule has 0 saturated heterocycles. The topological polar surface area (TPSA) is 29.1 Å². The molecule has 0 unspecified atom stereocenters. The molecule has 0 aliphatic heterocycles. The summed E-state index contributed by atoms with van der Waals surface area (Å²) in [5.41, 5.74) is 1.80. The number of rotatable bonds is 5. The monoisotopic (exact) mass is 293 g/mol. The molecule has 0 spiro atoms. The molecule has 1 amide bonds. The SMILES string of the molecule is C#CCCCCNC(=O)c1ccc(C)cc1Br. The van der Waals surface area contributed by atoms with E-state index in [1.807, 2.05) is 25.1 Å². The van der Waals surface area contributed by atoms with E-state index in [9.17, 15) is 4.79 Å². The molecule has 0 radical (unpaired) electrons. The van der Waals surface area contributed by atoms with Crippen LogP contribution in [0.15, 0.2) is 22.7 Å². The second-order valence-electron chi connectivity index (χ2n) is 3.90. The predicted octanol–water partition coefficient (Wildman–Crippen LogP) is 3.29. The summed E-state index contributed by atoms with van der Waals surface area (Å²) in [5.74, 6) is 2.54. The molecule has 0 aromatic heterocycles. The van der Waals surface area contributed by atoms with Gasteiger partial charge in [-0.3, -0.25) is 4.79 Å². The van der Waals surface area contributed by atoms with Gasteiger partial charge in [0.1, 0.15) is 0 Å². The lowest BCUT2D eigenvalue weighted by Gasteiger charge is -2.07. The smallest absolute Gasteiger partial charge is 0.252 e. The zero-order chi connectivity index (χ0) is 12.7. The van der Waals surface area contributed by atoms with Crippen molar-refractivity contribution in [3.8, 4) is 12.3 Å². The Kier molecular flexibility index (Phi) is 5.79. The third kappa shape index (κ3) is 4.62. The Bertz CT molecular complexity index is 434. The summed E-state index contributed by atoms with van der Waals surface area (Å²) in [6.07, 6.45) is 7.79. The highest BCUT2D eigenvalue weighted by Crippen LogP contribution is 2.18. The van der Waals surface area contributed by atoms with Crippen LogP contribution in [-0.2, 0) is 0 Å². The molecule has 1 N–H and O–H groups in total. The van der Waals surface area contributed by atoms with E-state index in [0.29, 0.717) is 12.1 Å². The second kappa shape index (κ2) is 7.13. The standard InChI is InChI=1S/C14H16BrNO/c1-3-4-5-6-9-16-14(17)12-8-7-11(2)10-13(12)15/h1,7-8,10H,4-6,9H2,2H3,(H,16,17). The molecule has 0 saturated carbocycles. The molecular formula is C14H16BrNO. The maximum Gasteiger partial charge on any atom is 0.252 e. The molecule has 0 aliphatic rings. The minimum absolute atomic E-state index is 0.0439. The van der Waals surface area contributed by atoms with Crippen LogP contribution in [0.25, 0.3) is 0 Å². The van der Waals surface area contributed by atoms with E-state index in [-0.39, 0.29) is 5.91 Å². The van der Waals surface area contributed by atoms with Crippen LogP contribution in [0.3, 0.4) is 0 Å². The van der Waals surface area contributed by atoms with Gasteiger partial charge in [-0.1, -0.05) is 6.07 Å². The Labute approximate surface area is 111 Å². The Balaban J connectivity index is 2.45. The van der Waals surface area contributed by atoms with Gasteiger partial charge in [0.15, 0.2) is 0 Å². The summed E-state index contributed by atoms with van der Waals surface area (Å²) < 4.78 is 0.832. The number of hydrogen-bond acceptors (Lipinski definition) is 1. The number of amides is 1. The largest absolute Gasteiger partial charge is 0.352 e. The molecule has 2 nitrogen and oxygen atoms in total. The highest BCUT2D eigenvalue weighted by atomic mass is 79.9. The van der Waals surface area contributed by atoms with Crippen LogP contribution in [0.2, 0.25) is 0 Å². The fourth-order valence-corrected chi connectivity index (χ4v) is 2.13. The predicted molar refractivity (Wildman–Crippen MR) is 73.9 cm³/mol. The van der Waals surface area contributed by atoms with Crippen molar-refractivity contribution in [1.29, 1.82) is 0 Å². The van der Waals surface area contributed by atoms with Crippen molar-refractivity contribution in [2.75, 3.05) is 6.54 Å². The number of aryl methyl sites for hydroxylation is 1. The first-order valence-corrected chi connectivity index (χ1v) is 6.42. The average molecular weight is 294 g/mol. The second-order valence-corrected chi connectivity index (χ2v) is 4.75. The molecule has 3 heteroatoms. The van der Waals surface area contributed by atoms with E-state index in [0.717, 1.165) is 29.3 Å². The quantitative estimate of drug-likeness (QED) is 0.655. The van der Waals surface area contributed by atoms with E-state index in [1.165, 1.54) is 0 Å². The lowest BCUT2D eigenvalue weighted by Crippen LogP contribution is -2.24. The Morgan fingerprint density at radius 3 is 2.88 bits per heavy atom. The third-order valence-corrected chi connectivity index (χ3v) is 3.06. The first-order valence-electron chi connectivity index (χ1n) is 5.63. The van der Waals surface area contributed by atoms with E-state index >= 15 is 0 Å². The summed E-state index contributed by atoms with van der Waals surface area (Å²) in [5, 5.41) is 2.88. The molecule has 0 aliphatic carbocycles. The Morgan fingerprint density at radius 1 is 1.47 bits per heavy atom. The van der Waals surface area contributed by atoms with E-state index in [1.54, 1.807) is 0 Å². The molecule has 1 rings (SSSR count). The van der Waals surface area contributed by atoms with Crippen LogP contribution < -0.4 is 5.32 Å². The minimum atomic E-state index is -0.0439. The normalized spacial score (nSPS) is 9.71. The fraction of sp³-hybridized carbons (Fsp3) is 0.357. The summed E-state index contributed by atoms with van der Waals surface area (Å²) >= 11 is 3.39. The number of halogens is 1. The molecule has 1 aromatic carbocycles. The fourth-order valence-electron chi connectivity index (χ4n) is 1.45. The van der Waals surface area contributed by atoms with Crippen LogP contribution in [0.5, 0.6) is 0 Å². The molecule has 0 heterocycles. The molecule has 0 fully saturated rings. The average Bonchev–Trinajstić information content (AvgIpc) is 2.28. The minimum Gasteiger partial charge on any atom is -0.352 e. The molecule has 90 valence electrons. The van der Waals surface area contributed by atoms with Crippen molar-refractivity contribution in [3.05, 3.63) is 33.8 Å². The lowest BCUT2D eigenvalue weighted by atomic mass is 10.1. The van der Waals surface area contributed by atoms with Crippen molar-refractivity contribution >= 4 is 21.8 Å². The number of carbonyl (C=O) groups is 1. The van der Waals surface area contributed by atoms with Gasteiger partial charge >= 0.3 is 0 Å². The maximum atomic E-state index is 11.8. The van der Waals surface area contributed by atoms with Crippen LogP contribution in [0, 0.1) is 19.3 Å². The zero-order valence-corrected chi connectivity index (χ0v) is 11.5. The van der Waals surface area contributed by atoms with Crippen molar-refractivity contribution in [2.45, 2.75) is 26.2 Å². The van der Waals surface area contributed by atoms with Crippen LogP contribution in [0.4, 0.5) is 0 Å². The van der Waals surface area contributed by atoms with E-state index in [4.69, 9.17) is 6.42 Å². The van der Waals surface area contributed by atoms with Gasteiger partial charge in [0.05, 0.1) is 5.56 Å². The van der Waals surface area contributed by atoms with Crippen LogP contribution in [0.1, 0.15) is 35.2 Å². The highest BCUT2D eigenvalue weighted by molar-refractivity contribution is 9.10. The van der Waals surface area contributed by atoms with Crippen molar-refractivity contribution in [1.82, 2.24) is 5.32 Å². The first kappa shape index (κ1) is 13.8. The van der Waals surface area contributed by atoms with Gasteiger partial charge in [-0.15, -0.1) is 12.3 Å². The molecule has 17 heavy (non-hydrogen) atoms. The summed E-state index contributed by atoms with van der Waals surface area (Å²) in [4.78, 5) is 11.8. The number of nitrogens with one attached hydrogen (secondary N) is 1. The van der Waals surface area contributed by atoms with Crippen LogP contribution >= 0.6 is 15.9 Å². The lowest BCUT2D eigenvalue weighted by molar-refractivity contribution is 0.0952. The Morgan fingerprint density at radius 2 is 2.24 bits per heavy atom. The van der Waals surface area contributed by atoms with Gasteiger partial charge < -0.3 is 5.32 Å². The summed E-state index contributed by atoms with van der Waals surface area (Å²) in [7, 11) is 0. The van der Waals surface area contributed by atoms with Gasteiger partial charge in [0.2, 0.25) is 0 Å². The highest BCUT2D eigenvalue weighted by Gasteiger charge is 2.08. The van der Waals surface area contributed by atoms with Gasteiger partial charge in [-0.25, -0.2) is 0 Å². The van der Waals surface area contributed by atoms with Gasteiger partial charge in [0.25, 0.3) is 5.91 Å². The van der Waals surface area contributed by atoms with E-state index < -0.39 is 0 Å². The number of carbonyl (C=O) groups excluding carboxylic acids is 1. The molecule has 0 atom stereocenters. The van der Waals surface area contributed by atoms with Crippen molar-refractivity contribution < 1.29 is 4.79 Å². The van der Waals surface area contributed by atoms with Gasteiger partial charge in [0, 0.05) is 17.4 Å². The Hall–Kier alpha value is -1.27. The van der Waals surface area contributed by atoms with Crippen LogP contribution in [-0.4, -0.2) is 12.5 Å². The first-order chi connectivity index (χ1) is 8.15. The third-order valence-electron chi connectivity index (χ3n) is 2.40. The summed E-state index contributed by atoms with van der Waals surface area (Å²) in [6.45, 7) is 2.66. The van der Waals surface area contributed by atoms with Crippen molar-refractivity contribution in [3.63, 3.8) is 0 Å². The van der Waals surface area contributed by atoms with E-state index in [2.05, 4.69) is 27.2 Å². The number of hydrogen-bond donors (Lipinski definition) is 1. The van der Waals surface area contributed by atoms with Gasteiger partial charge in [-0.2, -0.15) is 0 Å². The molecule has 1 aromatic rings.